The van der Waals surface area contributed by atoms with E-state index in [1.165, 1.54) is 51.4 Å². The van der Waals surface area contributed by atoms with Crippen molar-refractivity contribution in [3.8, 4) is 0 Å². The summed E-state index contributed by atoms with van der Waals surface area (Å²) in [4.78, 5) is 23.2. The first kappa shape index (κ1) is 49.1. The maximum absolute atomic E-state index is 12.1. The molecule has 0 radical (unpaired) electrons. The van der Waals surface area contributed by atoms with Gasteiger partial charge in [-0.2, -0.15) is 16.8 Å². The van der Waals surface area contributed by atoms with Crippen LogP contribution >= 0.6 is 0 Å². The van der Waals surface area contributed by atoms with Gasteiger partial charge >= 0.3 is 91.9 Å². The monoisotopic (exact) mass is 694 g/mol. The molecule has 2 unspecified atom stereocenters. The Kier molecular flexibility index (Phi) is 34.5. The van der Waals surface area contributed by atoms with Gasteiger partial charge in [0.2, 0.25) is 12.2 Å². The molecule has 0 aromatic heterocycles. The normalized spacial score (nSPS) is 13.0. The summed E-state index contributed by atoms with van der Waals surface area (Å²) in [6, 6.07) is 0. The van der Waals surface area contributed by atoms with Gasteiger partial charge in [-0.15, -0.1) is 0 Å². The second-order valence-electron chi connectivity index (χ2n) is 10.5. The van der Waals surface area contributed by atoms with Gasteiger partial charge in [0.1, 0.15) is 0 Å². The Balaban J connectivity index is -0.00000840. The first-order valence-electron chi connectivity index (χ1n) is 15.6. The van der Waals surface area contributed by atoms with E-state index in [2.05, 4.69) is 30.6 Å². The number of unbranched alkanes of at least 4 members (excludes halogenated alkanes) is 18. The average Bonchev–Trinajstić information content (AvgIpc) is 2.92. The number of hydrogen-bond acceptors (Lipinski definition) is 10. The molecule has 0 aliphatic rings. The Morgan fingerprint density at radius 2 is 0.705 bits per heavy atom. The number of carboxylic acids is 2. The predicted molar refractivity (Wildman–Crippen MR) is 173 cm³/mol. The predicted octanol–water partition coefficient (Wildman–Crippen LogP) is 4.99. The van der Waals surface area contributed by atoms with Gasteiger partial charge < -0.3 is 10.2 Å². The topological polar surface area (TPSA) is 180 Å². The van der Waals surface area contributed by atoms with Crippen molar-refractivity contribution in [3.05, 3.63) is 0 Å². The summed E-state index contributed by atoms with van der Waals surface area (Å²) in [6.07, 6.45) is 14.6. The van der Waals surface area contributed by atoms with Crippen molar-refractivity contribution < 1.29 is 53.4 Å². The Hall–Kier alpha value is 0.680. The van der Waals surface area contributed by atoms with Crippen molar-refractivity contribution in [3.63, 3.8) is 0 Å². The summed E-state index contributed by atoms with van der Waals surface area (Å²) in [5, 5.41) is 18.7. The summed E-state index contributed by atoms with van der Waals surface area (Å²) in [6.45, 7) is 3.72. The van der Waals surface area contributed by atoms with Crippen LogP contribution < -0.4 is 0 Å². The van der Waals surface area contributed by atoms with Crippen LogP contribution in [0.1, 0.15) is 142 Å². The van der Waals surface area contributed by atoms with Gasteiger partial charge in [0.25, 0.3) is 0 Å². The van der Waals surface area contributed by atoms with Crippen molar-refractivity contribution in [2.75, 3.05) is 13.2 Å². The minimum absolute atomic E-state index is 0. The quantitative estimate of drug-likeness (QED) is 0.0734. The molecule has 0 rings (SSSR count). The van der Waals surface area contributed by atoms with E-state index in [0.29, 0.717) is 25.7 Å². The molecule has 12 nitrogen and oxygen atoms in total. The average molecular weight is 695 g/mol. The van der Waals surface area contributed by atoms with Crippen molar-refractivity contribution in [2.45, 2.75) is 154 Å². The molecule has 2 atom stereocenters. The molecule has 254 valence electrons. The molecular weight excluding hydrogens is 638 g/mol. The molecule has 44 heavy (non-hydrogen) atoms. The Morgan fingerprint density at radius 3 is 0.932 bits per heavy atom. The SMILES string of the molecule is CCCCCCCCCCCCOS(=O)(=O)OC(C(=O)O)C(OS(=O)(=O)OCCCCCCCCCCCC)C(=O)O.[NaH].[NaH]. The first-order valence-corrected chi connectivity index (χ1v) is 18.2. The van der Waals surface area contributed by atoms with Crippen LogP contribution in [0.5, 0.6) is 0 Å². The van der Waals surface area contributed by atoms with Crippen LogP contribution in [0.3, 0.4) is 0 Å². The summed E-state index contributed by atoms with van der Waals surface area (Å²) in [5.41, 5.74) is 0. The summed E-state index contributed by atoms with van der Waals surface area (Å²) in [5.74, 6) is -4.14. The van der Waals surface area contributed by atoms with Crippen molar-refractivity contribution in [1.82, 2.24) is 0 Å². The summed E-state index contributed by atoms with van der Waals surface area (Å²) in [7, 11) is -9.94. The fourth-order valence-corrected chi connectivity index (χ4v) is 5.88. The molecule has 0 spiro atoms. The van der Waals surface area contributed by atoms with E-state index in [-0.39, 0.29) is 72.3 Å². The number of rotatable bonds is 31. The third-order valence-corrected chi connectivity index (χ3v) is 8.45. The molecule has 0 bridgehead atoms. The standard InChI is InChI=1S/C28H54O12S2.2Na.2H/c1-3-5-7-9-11-13-15-17-19-21-23-37-41(33,34)39-25(27(29)30)26(28(31)32)40-42(35,36)38-24-22-20-18-16-14-12-10-8-6-4-2;;;;/h25-26H,3-24H2,1-2H3,(H,29,30)(H,31,32);;;;. The van der Waals surface area contributed by atoms with E-state index < -0.39 is 44.9 Å². The molecule has 0 fully saturated rings. The molecule has 0 saturated carbocycles. The molecule has 0 heterocycles. The fourth-order valence-electron chi connectivity index (χ4n) is 4.25. The van der Waals surface area contributed by atoms with Crippen molar-refractivity contribution in [1.29, 1.82) is 0 Å². The zero-order valence-corrected chi connectivity index (χ0v) is 27.1. The van der Waals surface area contributed by atoms with Gasteiger partial charge in [-0.25, -0.2) is 26.3 Å². The molecule has 2 N–H and O–H groups in total. The third-order valence-electron chi connectivity index (χ3n) is 6.66. The van der Waals surface area contributed by atoms with Crippen LogP contribution in [-0.2, 0) is 47.1 Å². The van der Waals surface area contributed by atoms with E-state index in [1.54, 1.807) is 0 Å². The van der Waals surface area contributed by atoms with Gasteiger partial charge in [0.05, 0.1) is 13.2 Å². The summed E-state index contributed by atoms with van der Waals surface area (Å²) < 4.78 is 66.7. The van der Waals surface area contributed by atoms with Gasteiger partial charge in [-0.1, -0.05) is 129 Å². The van der Waals surface area contributed by atoms with E-state index in [9.17, 15) is 36.6 Å². The fraction of sp³-hybridized carbons (Fsp3) is 0.929. The Bertz CT molecular complexity index is 844. The van der Waals surface area contributed by atoms with Gasteiger partial charge in [0, 0.05) is 0 Å². The molecule has 0 aromatic rings. The van der Waals surface area contributed by atoms with Crippen LogP contribution in [0.2, 0.25) is 0 Å². The van der Waals surface area contributed by atoms with E-state index in [4.69, 9.17) is 0 Å². The second kappa shape index (κ2) is 31.0. The third kappa shape index (κ3) is 28.9. The van der Waals surface area contributed by atoms with Crippen LogP contribution in [-0.4, -0.2) is 124 Å². The maximum atomic E-state index is 12.1. The van der Waals surface area contributed by atoms with Gasteiger partial charge in [0.15, 0.2) is 0 Å². The molecule has 0 saturated heterocycles. The second-order valence-corrected chi connectivity index (χ2v) is 13.0. The number of carboxylic acid groups (broad SMARTS) is 2. The van der Waals surface area contributed by atoms with E-state index in [1.807, 2.05) is 0 Å². The zero-order valence-electron chi connectivity index (χ0n) is 25.5. The van der Waals surface area contributed by atoms with Crippen LogP contribution in [0.15, 0.2) is 0 Å². The number of hydrogen-bond donors (Lipinski definition) is 2. The molecule has 0 aromatic carbocycles. The molecule has 0 amide bonds. The molecule has 16 heteroatoms. The van der Waals surface area contributed by atoms with Crippen molar-refractivity contribution in [2.24, 2.45) is 0 Å². The number of aliphatic carboxylic acids is 2. The van der Waals surface area contributed by atoms with Crippen LogP contribution in [0.25, 0.3) is 0 Å². The minimum atomic E-state index is -4.97. The summed E-state index contributed by atoms with van der Waals surface area (Å²) >= 11 is 0. The van der Waals surface area contributed by atoms with Crippen LogP contribution in [0.4, 0.5) is 0 Å². The van der Waals surface area contributed by atoms with Gasteiger partial charge in [-0.3, -0.25) is 0 Å². The molecule has 0 aliphatic heterocycles. The van der Waals surface area contributed by atoms with Gasteiger partial charge in [-0.05, 0) is 12.8 Å². The molecular formula is C28H56Na2O12S2. The first-order chi connectivity index (χ1) is 20.0. The van der Waals surface area contributed by atoms with E-state index in [0.717, 1.165) is 51.4 Å². The van der Waals surface area contributed by atoms with Crippen LogP contribution in [0, 0.1) is 0 Å². The Labute approximate surface area is 310 Å². The Morgan fingerprint density at radius 1 is 0.477 bits per heavy atom. The van der Waals surface area contributed by atoms with Crippen molar-refractivity contribution >= 4 is 91.9 Å². The molecule has 0 aliphatic carbocycles. The zero-order chi connectivity index (χ0) is 31.7. The van der Waals surface area contributed by atoms with E-state index >= 15 is 0 Å². The number of carbonyl (C=O) groups is 2.